The van der Waals surface area contributed by atoms with E-state index in [4.69, 9.17) is 15.2 Å². The van der Waals surface area contributed by atoms with Gasteiger partial charge in [-0.05, 0) is 79.3 Å². The Bertz CT molecular complexity index is 1310. The number of hydrogen-bond donors (Lipinski definition) is 4. The molecule has 9 heteroatoms. The fourth-order valence-corrected chi connectivity index (χ4v) is 4.45. The van der Waals surface area contributed by atoms with Crippen LogP contribution in [0.4, 0.5) is 21.9 Å². The minimum absolute atomic E-state index is 0.0517. The molecule has 8 nitrogen and oxygen atoms in total. The summed E-state index contributed by atoms with van der Waals surface area (Å²) in [4.78, 5) is 26.3. The lowest BCUT2D eigenvalue weighted by Gasteiger charge is -2.34. The lowest BCUT2D eigenvalue weighted by molar-refractivity contribution is -0.111. The second-order valence-electron chi connectivity index (χ2n) is 9.58. The molecule has 0 spiro atoms. The molecule has 0 aliphatic rings. The van der Waals surface area contributed by atoms with Crippen molar-refractivity contribution in [1.29, 1.82) is 0 Å². The van der Waals surface area contributed by atoms with Crippen LogP contribution in [0, 0.1) is 5.41 Å². The van der Waals surface area contributed by atoms with Crippen molar-refractivity contribution in [3.05, 3.63) is 84.4 Å². The van der Waals surface area contributed by atoms with Crippen molar-refractivity contribution >= 4 is 40.8 Å². The quantitative estimate of drug-likeness (QED) is 0.115. The average molecular weight is 550 g/mol. The van der Waals surface area contributed by atoms with Crippen molar-refractivity contribution in [3.8, 4) is 11.5 Å². The fourth-order valence-electron chi connectivity index (χ4n) is 4.04. The first kappa shape index (κ1) is 29.4. The van der Waals surface area contributed by atoms with Gasteiger partial charge in [0.1, 0.15) is 6.10 Å². The number of carbonyl (C=O) groups excluding carboxylic acids is 2. The summed E-state index contributed by atoms with van der Waals surface area (Å²) in [5.74, 6) is -0.0173. The molecule has 0 radical (unpaired) electrons. The van der Waals surface area contributed by atoms with Gasteiger partial charge in [0.25, 0.3) is 0 Å². The van der Waals surface area contributed by atoms with Crippen molar-refractivity contribution in [2.24, 2.45) is 5.41 Å². The summed E-state index contributed by atoms with van der Waals surface area (Å²) in [7, 11) is 1.47. The topological polar surface area (TPSA) is 123 Å². The SMILES string of the molecule is COc1ccc([C@@H](OC(=O)Nc2ccc(SC)cc2)C(C)(C)CC/C=C/C(=O)Nc2ccccc2N)cc1O. The van der Waals surface area contributed by atoms with Crippen LogP contribution in [0.5, 0.6) is 11.5 Å². The molecule has 0 bridgehead atoms. The molecule has 0 aliphatic heterocycles. The molecule has 0 aromatic heterocycles. The molecule has 0 heterocycles. The van der Waals surface area contributed by atoms with Crippen LogP contribution in [0.2, 0.25) is 0 Å². The first-order valence-corrected chi connectivity index (χ1v) is 13.7. The van der Waals surface area contributed by atoms with E-state index < -0.39 is 17.6 Å². The number of aromatic hydroxyl groups is 1. The van der Waals surface area contributed by atoms with Crippen molar-refractivity contribution in [1.82, 2.24) is 0 Å². The van der Waals surface area contributed by atoms with Gasteiger partial charge in [-0.2, -0.15) is 0 Å². The Morgan fingerprint density at radius 3 is 2.44 bits per heavy atom. The van der Waals surface area contributed by atoms with Crippen LogP contribution in [-0.2, 0) is 9.53 Å². The summed E-state index contributed by atoms with van der Waals surface area (Å²) in [6.45, 7) is 3.94. The lowest BCUT2D eigenvalue weighted by atomic mass is 9.78. The number of hydrogen-bond acceptors (Lipinski definition) is 7. The number of benzene rings is 3. The van der Waals surface area contributed by atoms with Gasteiger partial charge < -0.3 is 25.6 Å². The maximum Gasteiger partial charge on any atom is 0.412 e. The van der Waals surface area contributed by atoms with E-state index in [1.54, 1.807) is 60.3 Å². The normalized spacial score (nSPS) is 12.1. The van der Waals surface area contributed by atoms with Crippen LogP contribution in [0.25, 0.3) is 0 Å². The third-order valence-corrected chi connectivity index (χ3v) is 6.96. The zero-order chi connectivity index (χ0) is 28.4. The molecule has 39 heavy (non-hydrogen) atoms. The zero-order valence-electron chi connectivity index (χ0n) is 22.6. The van der Waals surface area contributed by atoms with Gasteiger partial charge in [-0.15, -0.1) is 11.8 Å². The molecular formula is C30H35N3O5S. The van der Waals surface area contributed by atoms with Crippen molar-refractivity contribution in [2.45, 2.75) is 37.7 Å². The second kappa shape index (κ2) is 13.6. The number of ether oxygens (including phenoxy) is 2. The minimum atomic E-state index is -0.703. The van der Waals surface area contributed by atoms with Gasteiger partial charge in [0.05, 0.1) is 18.5 Å². The number of nitrogen functional groups attached to an aromatic ring is 1. The Kier molecular flexibility index (Phi) is 10.3. The number of carbonyl (C=O) groups is 2. The predicted molar refractivity (Wildman–Crippen MR) is 157 cm³/mol. The molecule has 3 aromatic carbocycles. The molecule has 3 aromatic rings. The number of nitrogens with two attached hydrogens (primary N) is 1. The first-order valence-electron chi connectivity index (χ1n) is 12.4. The molecule has 1 atom stereocenters. The van der Waals surface area contributed by atoms with Crippen LogP contribution >= 0.6 is 11.8 Å². The zero-order valence-corrected chi connectivity index (χ0v) is 23.4. The monoisotopic (exact) mass is 549 g/mol. The second-order valence-corrected chi connectivity index (χ2v) is 10.5. The largest absolute Gasteiger partial charge is 0.504 e. The third-order valence-electron chi connectivity index (χ3n) is 6.22. The Labute approximate surface area is 233 Å². The molecule has 0 saturated carbocycles. The van der Waals surface area contributed by atoms with Crippen LogP contribution in [0.1, 0.15) is 38.4 Å². The van der Waals surface area contributed by atoms with Gasteiger partial charge in [-0.1, -0.05) is 38.1 Å². The number of amides is 2. The maximum absolute atomic E-state index is 12.9. The number of phenolic OH excluding ortho intramolecular Hbond substituents is 1. The van der Waals surface area contributed by atoms with E-state index in [1.807, 2.05) is 44.4 Å². The number of allylic oxidation sites excluding steroid dienone is 1. The highest BCUT2D eigenvalue weighted by Gasteiger charge is 2.34. The van der Waals surface area contributed by atoms with Gasteiger partial charge in [0.2, 0.25) is 5.91 Å². The smallest absolute Gasteiger partial charge is 0.412 e. The van der Waals surface area contributed by atoms with E-state index in [2.05, 4.69) is 10.6 Å². The van der Waals surface area contributed by atoms with E-state index >= 15 is 0 Å². The first-order chi connectivity index (χ1) is 18.6. The average Bonchev–Trinajstić information content (AvgIpc) is 2.91. The fraction of sp³-hybridized carbons (Fsp3) is 0.267. The Morgan fingerprint density at radius 1 is 1.08 bits per heavy atom. The summed E-state index contributed by atoms with van der Waals surface area (Å²) in [5, 5.41) is 15.9. The highest BCUT2D eigenvalue weighted by Crippen LogP contribution is 2.43. The number of phenols is 1. The Hall–Kier alpha value is -4.11. The van der Waals surface area contributed by atoms with Crippen LogP contribution in [-0.4, -0.2) is 30.5 Å². The third kappa shape index (κ3) is 8.44. The number of thioether (sulfide) groups is 1. The van der Waals surface area contributed by atoms with Gasteiger partial charge in [-0.3, -0.25) is 10.1 Å². The number of anilines is 3. The molecule has 0 fully saturated rings. The molecule has 3 rings (SSSR count). The molecule has 206 valence electrons. The van der Waals surface area contributed by atoms with Gasteiger partial charge in [0, 0.05) is 16.0 Å². The molecule has 2 amide bonds. The number of nitrogens with one attached hydrogen (secondary N) is 2. The minimum Gasteiger partial charge on any atom is -0.504 e. The summed E-state index contributed by atoms with van der Waals surface area (Å²) >= 11 is 1.61. The van der Waals surface area contributed by atoms with E-state index in [-0.39, 0.29) is 11.7 Å². The number of para-hydroxylation sites is 2. The Balaban J connectivity index is 1.72. The summed E-state index contributed by atoms with van der Waals surface area (Å²) in [6.07, 6.45) is 5.02. The molecule has 0 aliphatic carbocycles. The van der Waals surface area contributed by atoms with Gasteiger partial charge in [-0.25, -0.2) is 4.79 Å². The Morgan fingerprint density at radius 2 is 1.79 bits per heavy atom. The van der Waals surface area contributed by atoms with E-state index in [9.17, 15) is 14.7 Å². The number of methoxy groups -OCH3 is 1. The van der Waals surface area contributed by atoms with Crippen molar-refractivity contribution in [2.75, 3.05) is 29.7 Å². The van der Waals surface area contributed by atoms with Crippen molar-refractivity contribution in [3.63, 3.8) is 0 Å². The highest BCUT2D eigenvalue weighted by atomic mass is 32.2. The maximum atomic E-state index is 12.9. The number of rotatable bonds is 11. The van der Waals surface area contributed by atoms with Gasteiger partial charge >= 0.3 is 6.09 Å². The molecule has 0 unspecified atom stereocenters. The lowest BCUT2D eigenvalue weighted by Crippen LogP contribution is -2.29. The van der Waals surface area contributed by atoms with Crippen molar-refractivity contribution < 1.29 is 24.2 Å². The van der Waals surface area contributed by atoms with E-state index in [1.165, 1.54) is 13.2 Å². The van der Waals surface area contributed by atoms with Gasteiger partial charge in [0.15, 0.2) is 11.5 Å². The molecule has 5 N–H and O–H groups in total. The molecule has 0 saturated heterocycles. The molecular weight excluding hydrogens is 514 g/mol. The summed E-state index contributed by atoms with van der Waals surface area (Å²) in [6, 6.07) is 19.4. The summed E-state index contributed by atoms with van der Waals surface area (Å²) in [5.41, 5.74) is 7.59. The standard InChI is InChI=1S/C30H35N3O5S/c1-30(2,18-8-7-11-27(35)33-24-10-6-5-9-23(24)31)28(20-12-17-26(37-3)25(34)19-20)38-29(36)32-21-13-15-22(39-4)16-14-21/h5-7,9-17,19,28,34H,8,18,31H2,1-4H3,(H,32,36)(H,33,35)/b11-7+/t28-/m1/s1. The summed E-state index contributed by atoms with van der Waals surface area (Å²) < 4.78 is 11.1. The van der Waals surface area contributed by atoms with E-state index in [0.29, 0.717) is 41.2 Å². The highest BCUT2D eigenvalue weighted by molar-refractivity contribution is 7.98. The van der Waals surface area contributed by atoms with Crippen LogP contribution in [0.3, 0.4) is 0 Å². The van der Waals surface area contributed by atoms with E-state index in [0.717, 1.165) is 4.90 Å². The van der Waals surface area contributed by atoms with Crippen LogP contribution in [0.15, 0.2) is 83.8 Å². The predicted octanol–water partition coefficient (Wildman–Crippen LogP) is 7.00. The van der Waals surface area contributed by atoms with Crippen LogP contribution < -0.4 is 21.1 Å².